The van der Waals surface area contributed by atoms with Crippen LogP contribution in [0.5, 0.6) is 0 Å². The number of nitrogens with one attached hydrogen (secondary N) is 1. The van der Waals surface area contributed by atoms with Gasteiger partial charge in [-0.1, -0.05) is 6.58 Å². The summed E-state index contributed by atoms with van der Waals surface area (Å²) < 4.78 is 24.5. The fourth-order valence-corrected chi connectivity index (χ4v) is 2.88. The number of carbonyl (C=O) groups is 1. The summed E-state index contributed by atoms with van der Waals surface area (Å²) in [5.41, 5.74) is 0.234. The molecular weight excluding hydrogens is 230 g/mol. The van der Waals surface area contributed by atoms with Crippen LogP contribution in [-0.4, -0.2) is 31.8 Å². The molecule has 0 radical (unpaired) electrons. The molecule has 0 unspecified atom stereocenters. The Morgan fingerprint density at radius 3 is 2.19 bits per heavy atom. The Hall–Kier alpha value is -0.880. The lowest BCUT2D eigenvalue weighted by Crippen LogP contribution is -2.37. The van der Waals surface area contributed by atoms with Crippen LogP contribution in [-0.2, 0) is 14.8 Å². The molecule has 0 bridgehead atoms. The number of rotatable bonds is 4. The third-order valence-corrected chi connectivity index (χ3v) is 3.64. The topological polar surface area (TPSA) is 83.5 Å². The molecule has 0 saturated heterocycles. The van der Waals surface area contributed by atoms with Crippen LogP contribution in [0.3, 0.4) is 0 Å². The molecule has 0 aromatic rings. The van der Waals surface area contributed by atoms with Crippen molar-refractivity contribution in [2.24, 2.45) is 5.92 Å². The first-order chi connectivity index (χ1) is 7.29. The SMILES string of the molecule is C=C(C(=O)O)C1CCC(NS(C)(=O)=O)CC1. The molecule has 1 aliphatic carbocycles. The maximum atomic E-state index is 11.0. The minimum atomic E-state index is -3.17. The van der Waals surface area contributed by atoms with Crippen LogP contribution in [0.4, 0.5) is 0 Å². The van der Waals surface area contributed by atoms with Gasteiger partial charge in [0.15, 0.2) is 0 Å². The van der Waals surface area contributed by atoms with Crippen molar-refractivity contribution in [3.63, 3.8) is 0 Å². The van der Waals surface area contributed by atoms with Gasteiger partial charge in [-0.15, -0.1) is 0 Å². The maximum Gasteiger partial charge on any atom is 0.331 e. The molecule has 1 rings (SSSR count). The third kappa shape index (κ3) is 3.94. The van der Waals surface area contributed by atoms with Crippen molar-refractivity contribution >= 4 is 16.0 Å². The second-order valence-corrected chi connectivity index (χ2v) is 6.05. The van der Waals surface area contributed by atoms with Gasteiger partial charge in [0.25, 0.3) is 0 Å². The van der Waals surface area contributed by atoms with Crippen LogP contribution in [0.1, 0.15) is 25.7 Å². The van der Waals surface area contributed by atoms with E-state index in [0.717, 1.165) is 6.26 Å². The van der Waals surface area contributed by atoms with E-state index in [1.807, 2.05) is 0 Å². The first kappa shape index (κ1) is 13.2. The fraction of sp³-hybridized carbons (Fsp3) is 0.700. The molecular formula is C10H17NO4S. The average molecular weight is 247 g/mol. The normalized spacial score (nSPS) is 26.3. The highest BCUT2D eigenvalue weighted by molar-refractivity contribution is 7.88. The fourth-order valence-electron chi connectivity index (χ4n) is 2.04. The molecule has 0 atom stereocenters. The van der Waals surface area contributed by atoms with Gasteiger partial charge in [-0.2, -0.15) is 0 Å². The molecule has 0 amide bonds. The van der Waals surface area contributed by atoms with E-state index in [1.54, 1.807) is 0 Å². The van der Waals surface area contributed by atoms with Crippen molar-refractivity contribution in [1.82, 2.24) is 4.72 Å². The zero-order valence-corrected chi connectivity index (χ0v) is 10.1. The molecule has 1 saturated carbocycles. The minimum absolute atomic E-state index is 0.0184. The summed E-state index contributed by atoms with van der Waals surface area (Å²) >= 11 is 0. The molecule has 0 heterocycles. The average Bonchev–Trinajstić information content (AvgIpc) is 2.15. The standard InChI is InChI=1S/C10H17NO4S/c1-7(10(12)13)8-3-5-9(6-4-8)11-16(2,14)15/h8-9,11H,1,3-6H2,2H3,(H,12,13). The lowest BCUT2D eigenvalue weighted by molar-refractivity contribution is -0.133. The third-order valence-electron chi connectivity index (χ3n) is 2.88. The molecule has 0 aromatic heterocycles. The molecule has 2 N–H and O–H groups in total. The Kier molecular flexibility index (Phi) is 4.09. The largest absolute Gasteiger partial charge is 0.478 e. The Bertz CT molecular complexity index is 380. The monoisotopic (exact) mass is 247 g/mol. The Morgan fingerprint density at radius 2 is 1.81 bits per heavy atom. The van der Waals surface area contributed by atoms with E-state index in [4.69, 9.17) is 5.11 Å². The van der Waals surface area contributed by atoms with Gasteiger partial charge in [0.05, 0.1) is 6.26 Å². The van der Waals surface area contributed by atoms with E-state index in [9.17, 15) is 13.2 Å². The van der Waals surface area contributed by atoms with E-state index in [2.05, 4.69) is 11.3 Å². The zero-order valence-electron chi connectivity index (χ0n) is 9.27. The van der Waals surface area contributed by atoms with Crippen molar-refractivity contribution < 1.29 is 18.3 Å². The van der Waals surface area contributed by atoms with Crippen molar-refractivity contribution in [2.45, 2.75) is 31.7 Å². The van der Waals surface area contributed by atoms with Gasteiger partial charge in [0.2, 0.25) is 10.0 Å². The van der Waals surface area contributed by atoms with Crippen molar-refractivity contribution in [1.29, 1.82) is 0 Å². The van der Waals surface area contributed by atoms with E-state index in [1.165, 1.54) is 0 Å². The number of sulfonamides is 1. The summed E-state index contributed by atoms with van der Waals surface area (Å²) in [7, 11) is -3.17. The van der Waals surface area contributed by atoms with E-state index < -0.39 is 16.0 Å². The highest BCUT2D eigenvalue weighted by Crippen LogP contribution is 2.29. The second kappa shape index (κ2) is 4.97. The van der Waals surface area contributed by atoms with Crippen LogP contribution in [0.2, 0.25) is 0 Å². The van der Waals surface area contributed by atoms with E-state index >= 15 is 0 Å². The molecule has 92 valence electrons. The number of hydrogen-bond donors (Lipinski definition) is 2. The second-order valence-electron chi connectivity index (χ2n) is 4.27. The highest BCUT2D eigenvalue weighted by atomic mass is 32.2. The molecule has 1 aliphatic rings. The summed E-state index contributed by atoms with van der Waals surface area (Å²) in [6, 6.07) is -0.0622. The van der Waals surface area contributed by atoms with Crippen LogP contribution in [0.15, 0.2) is 12.2 Å². The van der Waals surface area contributed by atoms with Crippen LogP contribution < -0.4 is 4.72 Å². The molecule has 1 fully saturated rings. The van der Waals surface area contributed by atoms with Gasteiger partial charge in [0.1, 0.15) is 0 Å². The van der Waals surface area contributed by atoms with Crippen LogP contribution >= 0.6 is 0 Å². The van der Waals surface area contributed by atoms with Gasteiger partial charge in [-0.25, -0.2) is 17.9 Å². The number of carboxylic acids is 1. The molecule has 0 aliphatic heterocycles. The smallest absolute Gasteiger partial charge is 0.331 e. The van der Waals surface area contributed by atoms with Gasteiger partial charge in [-0.05, 0) is 31.6 Å². The van der Waals surface area contributed by atoms with Crippen LogP contribution in [0.25, 0.3) is 0 Å². The highest BCUT2D eigenvalue weighted by Gasteiger charge is 2.26. The van der Waals surface area contributed by atoms with Crippen molar-refractivity contribution in [2.75, 3.05) is 6.26 Å². The Morgan fingerprint density at radius 1 is 1.31 bits per heavy atom. The van der Waals surface area contributed by atoms with Crippen LogP contribution in [0, 0.1) is 5.92 Å². The van der Waals surface area contributed by atoms with Crippen molar-refractivity contribution in [3.05, 3.63) is 12.2 Å². The summed E-state index contributed by atoms with van der Waals surface area (Å²) in [6.07, 6.45) is 3.83. The van der Waals surface area contributed by atoms with E-state index in [0.29, 0.717) is 25.7 Å². The minimum Gasteiger partial charge on any atom is -0.478 e. The number of carboxylic acid groups (broad SMARTS) is 1. The number of aliphatic carboxylic acids is 1. The zero-order chi connectivity index (χ0) is 12.3. The summed E-state index contributed by atoms with van der Waals surface area (Å²) in [5, 5.41) is 8.78. The quantitative estimate of drug-likeness (QED) is 0.717. The first-order valence-electron chi connectivity index (χ1n) is 5.19. The van der Waals surface area contributed by atoms with Gasteiger partial charge >= 0.3 is 5.97 Å². The summed E-state index contributed by atoms with van der Waals surface area (Å²) in [6.45, 7) is 3.54. The molecule has 16 heavy (non-hydrogen) atoms. The first-order valence-corrected chi connectivity index (χ1v) is 7.08. The molecule has 5 nitrogen and oxygen atoms in total. The van der Waals surface area contributed by atoms with E-state index in [-0.39, 0.29) is 17.5 Å². The lowest BCUT2D eigenvalue weighted by atomic mass is 9.82. The van der Waals surface area contributed by atoms with Gasteiger partial charge < -0.3 is 5.11 Å². The predicted molar refractivity (Wildman–Crippen MR) is 60.5 cm³/mol. The molecule has 0 spiro atoms. The lowest BCUT2D eigenvalue weighted by Gasteiger charge is -2.28. The van der Waals surface area contributed by atoms with Crippen molar-refractivity contribution in [3.8, 4) is 0 Å². The van der Waals surface area contributed by atoms with Gasteiger partial charge in [0, 0.05) is 11.6 Å². The molecule has 6 heteroatoms. The maximum absolute atomic E-state index is 11.0. The Balaban J connectivity index is 2.46. The molecule has 0 aromatic carbocycles. The summed E-state index contributed by atoms with van der Waals surface area (Å²) in [4.78, 5) is 10.7. The Labute approximate surface area is 95.6 Å². The van der Waals surface area contributed by atoms with Gasteiger partial charge in [-0.3, -0.25) is 0 Å². The number of hydrogen-bond acceptors (Lipinski definition) is 3. The summed E-state index contributed by atoms with van der Waals surface area (Å²) in [5.74, 6) is -0.977. The predicted octanol–water partition coefficient (Wildman–Crippen LogP) is 0.735.